The molecular weight excluding hydrogens is 488 g/mol. The molecule has 38 heavy (non-hydrogen) atoms. The summed E-state index contributed by atoms with van der Waals surface area (Å²) >= 11 is 0. The molecule has 0 aromatic heterocycles. The third kappa shape index (κ3) is 3.88. The van der Waals surface area contributed by atoms with Crippen LogP contribution in [0.2, 0.25) is 0 Å². The Morgan fingerprint density at radius 2 is 1.79 bits per heavy atom. The number of hydrogen-bond acceptors (Lipinski definition) is 8. The Bertz CT molecular complexity index is 968. The van der Waals surface area contributed by atoms with Crippen LogP contribution in [0.1, 0.15) is 78.6 Å². The second kappa shape index (κ2) is 9.52. The Labute approximate surface area is 226 Å². The molecule has 8 heteroatoms. The van der Waals surface area contributed by atoms with Gasteiger partial charge in [-0.1, -0.05) is 13.8 Å². The highest BCUT2D eigenvalue weighted by atomic mass is 16.7. The average Bonchev–Trinajstić information content (AvgIpc) is 3.43. The fraction of sp³-hybridized carbons (Fsp3) is 0.900. The summed E-state index contributed by atoms with van der Waals surface area (Å²) in [6.07, 6.45) is 6.45. The van der Waals surface area contributed by atoms with Gasteiger partial charge in [0.25, 0.3) is 0 Å². The predicted molar refractivity (Wildman–Crippen MR) is 138 cm³/mol. The molecule has 0 spiro atoms. The number of hydrogen-bond donors (Lipinski definition) is 3. The molecular formula is C30H46O8. The van der Waals surface area contributed by atoms with E-state index in [-0.39, 0.29) is 34.7 Å². The average molecular weight is 535 g/mol. The minimum Gasteiger partial charge on any atom is -0.458 e. The predicted octanol–water partition coefficient (Wildman–Crippen LogP) is 3.11. The molecule has 3 N–H and O–H groups in total. The minimum atomic E-state index is -1.04. The molecule has 0 unspecified atom stereocenters. The van der Waals surface area contributed by atoms with Gasteiger partial charge in [0.15, 0.2) is 6.29 Å². The van der Waals surface area contributed by atoms with Gasteiger partial charge < -0.3 is 34.3 Å². The van der Waals surface area contributed by atoms with Gasteiger partial charge in [0, 0.05) is 18.6 Å². The van der Waals surface area contributed by atoms with Crippen LogP contribution in [0.5, 0.6) is 0 Å². The number of cyclic esters (lactones) is 1. The standard InChI is InChI=1S/C30H46O8/c1-16-24(32)26(35-4)25(33)27(37-16)38-19-7-10-28(2)18(14-19)5-6-22-21(28)8-11-29(3)20(9-12-30(22,29)34)17-13-23(31)36-15-17/h13,16,18-22,24-27,32-34H,5-12,14-15H2,1-4H3/t16-,18-,19-,20-,21-,22+,24-,25-,26+,27+,28-,29+,30-/m0/s1. The van der Waals surface area contributed by atoms with Gasteiger partial charge in [0.05, 0.1) is 17.8 Å². The topological polar surface area (TPSA) is 115 Å². The monoisotopic (exact) mass is 534 g/mol. The third-order valence-corrected chi connectivity index (χ3v) is 12.3. The lowest BCUT2D eigenvalue weighted by molar-refractivity contribution is -0.313. The first-order valence-corrected chi connectivity index (χ1v) is 14.8. The Kier molecular flexibility index (Phi) is 6.80. The van der Waals surface area contributed by atoms with E-state index in [1.165, 1.54) is 7.11 Å². The van der Waals surface area contributed by atoms with Gasteiger partial charge in [0.2, 0.25) is 0 Å². The molecule has 0 aromatic carbocycles. The van der Waals surface area contributed by atoms with E-state index in [1.807, 2.05) is 0 Å². The van der Waals surface area contributed by atoms with E-state index in [4.69, 9.17) is 18.9 Å². The number of carbonyl (C=O) groups is 1. The van der Waals surface area contributed by atoms with Crippen molar-refractivity contribution in [3.05, 3.63) is 11.6 Å². The number of aliphatic hydroxyl groups is 3. The molecule has 0 amide bonds. The molecule has 4 aliphatic carbocycles. The number of aliphatic hydroxyl groups excluding tert-OH is 2. The van der Waals surface area contributed by atoms with Gasteiger partial charge in [-0.15, -0.1) is 0 Å². The molecule has 2 heterocycles. The molecule has 2 aliphatic heterocycles. The van der Waals surface area contributed by atoms with Crippen LogP contribution in [-0.4, -0.2) is 77.4 Å². The van der Waals surface area contributed by atoms with E-state index in [1.54, 1.807) is 13.0 Å². The fourth-order valence-corrected chi connectivity index (χ4v) is 10.1. The first-order chi connectivity index (χ1) is 18.0. The van der Waals surface area contributed by atoms with Gasteiger partial charge in [-0.25, -0.2) is 4.79 Å². The second-order valence-electron chi connectivity index (χ2n) is 13.7. The Balaban J connectivity index is 1.16. The quantitative estimate of drug-likeness (QED) is 0.372. The number of ether oxygens (including phenoxy) is 4. The van der Waals surface area contributed by atoms with Crippen LogP contribution in [0, 0.1) is 34.5 Å². The Morgan fingerprint density at radius 1 is 1.00 bits per heavy atom. The van der Waals surface area contributed by atoms with Gasteiger partial charge in [-0.3, -0.25) is 0 Å². The smallest absolute Gasteiger partial charge is 0.331 e. The minimum absolute atomic E-state index is 0.0103. The van der Waals surface area contributed by atoms with Crippen molar-refractivity contribution in [3.8, 4) is 0 Å². The van der Waals surface area contributed by atoms with E-state index in [0.717, 1.165) is 63.4 Å². The first kappa shape index (κ1) is 27.2. The molecule has 6 rings (SSSR count). The highest BCUT2D eigenvalue weighted by Gasteiger charge is 2.67. The molecule has 8 nitrogen and oxygen atoms in total. The summed E-state index contributed by atoms with van der Waals surface area (Å²) < 4.78 is 22.8. The van der Waals surface area contributed by atoms with Crippen LogP contribution in [0.4, 0.5) is 0 Å². The summed E-state index contributed by atoms with van der Waals surface area (Å²) in [6, 6.07) is 0. The van der Waals surface area contributed by atoms with Crippen molar-refractivity contribution in [1.29, 1.82) is 0 Å². The highest BCUT2D eigenvalue weighted by molar-refractivity contribution is 5.85. The van der Waals surface area contributed by atoms with E-state index < -0.39 is 36.3 Å². The largest absolute Gasteiger partial charge is 0.458 e. The molecule has 0 bridgehead atoms. The molecule has 0 radical (unpaired) electrons. The van der Waals surface area contributed by atoms with Gasteiger partial charge in [-0.2, -0.15) is 0 Å². The number of carbonyl (C=O) groups excluding carboxylic acids is 1. The molecule has 6 aliphatic rings. The highest BCUT2D eigenvalue weighted by Crippen LogP contribution is 2.70. The maximum atomic E-state index is 12.4. The first-order valence-electron chi connectivity index (χ1n) is 14.8. The van der Waals surface area contributed by atoms with E-state index >= 15 is 0 Å². The molecule has 0 aromatic rings. The molecule has 5 fully saturated rings. The molecule has 4 saturated carbocycles. The summed E-state index contributed by atoms with van der Waals surface area (Å²) in [6.45, 7) is 6.87. The molecule has 1 saturated heterocycles. The van der Waals surface area contributed by atoms with Crippen LogP contribution in [0.25, 0.3) is 0 Å². The van der Waals surface area contributed by atoms with Crippen molar-refractivity contribution in [2.75, 3.05) is 13.7 Å². The SMILES string of the molecule is CO[C@H]1[C@H](O)[C@@H](O[C@H]2CC[C@@]3(C)[C@@H](CC[C@@H]4[C@@H]3CC[C@]3(C)[C@H](C5=CC(=O)OC5)CC[C@]43O)C2)O[C@@H](C)[C@@H]1O. The Morgan fingerprint density at radius 3 is 2.50 bits per heavy atom. The maximum Gasteiger partial charge on any atom is 0.331 e. The van der Waals surface area contributed by atoms with E-state index in [9.17, 15) is 20.1 Å². The van der Waals surface area contributed by atoms with Crippen LogP contribution in [-0.2, 0) is 23.7 Å². The normalized spacial score (nSPS) is 54.5. The van der Waals surface area contributed by atoms with E-state index in [2.05, 4.69) is 13.8 Å². The lowest BCUT2D eigenvalue weighted by Crippen LogP contribution is -2.62. The fourth-order valence-electron chi connectivity index (χ4n) is 10.1. The van der Waals surface area contributed by atoms with Gasteiger partial charge >= 0.3 is 5.97 Å². The summed E-state index contributed by atoms with van der Waals surface area (Å²) in [5.41, 5.74) is 0.300. The number of rotatable bonds is 4. The van der Waals surface area contributed by atoms with Crippen LogP contribution in [0.3, 0.4) is 0 Å². The lowest BCUT2D eigenvalue weighted by Gasteiger charge is -2.64. The van der Waals surface area contributed by atoms with Crippen molar-refractivity contribution >= 4 is 5.97 Å². The zero-order chi connectivity index (χ0) is 27.0. The van der Waals surface area contributed by atoms with Crippen molar-refractivity contribution in [2.24, 2.45) is 34.5 Å². The van der Waals surface area contributed by atoms with Crippen molar-refractivity contribution in [3.63, 3.8) is 0 Å². The van der Waals surface area contributed by atoms with Crippen molar-refractivity contribution in [2.45, 2.75) is 121 Å². The second-order valence-corrected chi connectivity index (χ2v) is 13.7. The Hall–Kier alpha value is -1.03. The van der Waals surface area contributed by atoms with E-state index in [0.29, 0.717) is 18.4 Å². The van der Waals surface area contributed by atoms with Crippen molar-refractivity contribution < 1.29 is 39.1 Å². The summed E-state index contributed by atoms with van der Waals surface area (Å²) in [7, 11) is 1.49. The zero-order valence-electron chi connectivity index (χ0n) is 23.3. The number of esters is 1. The molecule has 214 valence electrons. The zero-order valence-corrected chi connectivity index (χ0v) is 23.3. The third-order valence-electron chi connectivity index (χ3n) is 12.3. The number of methoxy groups -OCH3 is 1. The molecule has 13 atom stereocenters. The summed E-state index contributed by atoms with van der Waals surface area (Å²) in [4.78, 5) is 11.8. The summed E-state index contributed by atoms with van der Waals surface area (Å²) in [5.74, 6) is 1.22. The van der Waals surface area contributed by atoms with Gasteiger partial charge in [0.1, 0.15) is 24.9 Å². The number of fused-ring (bicyclic) bond motifs is 5. The van der Waals surface area contributed by atoms with Gasteiger partial charge in [-0.05, 0) is 99.4 Å². The van der Waals surface area contributed by atoms with Crippen molar-refractivity contribution in [1.82, 2.24) is 0 Å². The van der Waals surface area contributed by atoms with Crippen LogP contribution < -0.4 is 0 Å². The van der Waals surface area contributed by atoms with Crippen LogP contribution in [0.15, 0.2) is 11.6 Å². The lowest BCUT2D eigenvalue weighted by atomic mass is 9.43. The summed E-state index contributed by atoms with van der Waals surface area (Å²) in [5, 5.41) is 33.5. The maximum absolute atomic E-state index is 12.4. The van der Waals surface area contributed by atoms with Crippen LogP contribution >= 0.6 is 0 Å².